The molecule has 1 N–H and O–H groups in total. The van der Waals surface area contributed by atoms with Gasteiger partial charge in [0.05, 0.1) is 11.4 Å². The van der Waals surface area contributed by atoms with Crippen LogP contribution in [0.4, 0.5) is 10.5 Å². The minimum Gasteiger partial charge on any atom is -0.484 e. The van der Waals surface area contributed by atoms with Crippen LogP contribution in [0, 0.1) is 10.5 Å². The minimum atomic E-state index is -0.322. The Labute approximate surface area is 215 Å². The number of halogens is 1. The van der Waals surface area contributed by atoms with Gasteiger partial charge in [-0.2, -0.15) is 0 Å². The van der Waals surface area contributed by atoms with Crippen LogP contribution in [0.3, 0.4) is 0 Å². The zero-order valence-electron chi connectivity index (χ0n) is 18.3. The van der Waals surface area contributed by atoms with Crippen LogP contribution in [0.5, 0.6) is 5.75 Å². The first-order valence-corrected chi connectivity index (χ1v) is 12.4. The van der Waals surface area contributed by atoms with Crippen molar-refractivity contribution >= 4 is 63.2 Å². The number of para-hydroxylation sites is 1. The van der Waals surface area contributed by atoms with E-state index in [4.69, 9.17) is 4.74 Å². The number of carbonyl (C=O) groups excluding carboxylic acids is 3. The van der Waals surface area contributed by atoms with Crippen molar-refractivity contribution in [3.63, 3.8) is 0 Å². The van der Waals surface area contributed by atoms with Gasteiger partial charge in [0.25, 0.3) is 17.1 Å². The fraction of sp³-hybridized carbons (Fsp3) is 0.115. The zero-order valence-corrected chi connectivity index (χ0v) is 21.3. The van der Waals surface area contributed by atoms with Crippen molar-refractivity contribution in [3.05, 3.63) is 98.0 Å². The van der Waals surface area contributed by atoms with E-state index >= 15 is 0 Å². The van der Waals surface area contributed by atoms with E-state index in [1.807, 2.05) is 61.5 Å². The molecule has 3 aromatic carbocycles. The Morgan fingerprint density at radius 1 is 1.06 bits per heavy atom. The topological polar surface area (TPSA) is 75.7 Å². The minimum absolute atomic E-state index is 0.148. The van der Waals surface area contributed by atoms with Crippen LogP contribution in [0.2, 0.25) is 0 Å². The summed E-state index contributed by atoms with van der Waals surface area (Å²) in [7, 11) is 0. The van der Waals surface area contributed by atoms with Crippen molar-refractivity contribution in [2.24, 2.45) is 0 Å². The number of rotatable bonds is 7. The van der Waals surface area contributed by atoms with Gasteiger partial charge in [-0.3, -0.25) is 19.3 Å². The van der Waals surface area contributed by atoms with Gasteiger partial charge in [0.2, 0.25) is 0 Å². The van der Waals surface area contributed by atoms with Gasteiger partial charge in [-0.15, -0.1) is 0 Å². The number of thioether (sulfide) groups is 1. The summed E-state index contributed by atoms with van der Waals surface area (Å²) in [4.78, 5) is 39.1. The zero-order chi connectivity index (χ0) is 24.1. The molecular weight excluding hydrogens is 563 g/mol. The maximum absolute atomic E-state index is 12.8. The fourth-order valence-corrected chi connectivity index (χ4v) is 4.50. The number of hydrogen-bond acceptors (Lipinski definition) is 5. The molecule has 34 heavy (non-hydrogen) atoms. The normalized spacial score (nSPS) is 14.5. The van der Waals surface area contributed by atoms with E-state index in [9.17, 15) is 14.4 Å². The van der Waals surface area contributed by atoms with E-state index in [0.717, 1.165) is 32.1 Å². The molecule has 1 heterocycles. The van der Waals surface area contributed by atoms with E-state index < -0.39 is 0 Å². The number of hydrogen-bond donors (Lipinski definition) is 1. The number of aryl methyl sites for hydroxylation is 1. The molecule has 0 aliphatic carbocycles. The standard InChI is InChI=1S/C26H21IN2O4S/c1-17-5-2-3-8-22(17)28-24(30)16-33-21-7-4-6-19(13-21)14-23-25(31)29(26(32)34-23)15-18-9-11-20(27)12-10-18/h2-14H,15-16H2,1H3,(H,28,30)/b23-14-. The highest BCUT2D eigenvalue weighted by molar-refractivity contribution is 14.1. The highest BCUT2D eigenvalue weighted by atomic mass is 127. The largest absolute Gasteiger partial charge is 0.484 e. The molecule has 0 atom stereocenters. The second-order valence-corrected chi connectivity index (χ2v) is 9.86. The third-order valence-corrected chi connectivity index (χ3v) is 6.70. The number of ether oxygens (including phenoxy) is 1. The molecule has 3 aromatic rings. The van der Waals surface area contributed by atoms with Crippen LogP contribution in [0.15, 0.2) is 77.7 Å². The average Bonchev–Trinajstić information content (AvgIpc) is 3.08. The molecule has 1 fully saturated rings. The van der Waals surface area contributed by atoms with Crippen molar-refractivity contribution in [1.29, 1.82) is 0 Å². The van der Waals surface area contributed by atoms with Crippen LogP contribution in [0.25, 0.3) is 6.08 Å². The second-order valence-electron chi connectivity index (χ2n) is 7.62. The number of imide groups is 1. The quantitative estimate of drug-likeness (QED) is 0.279. The molecule has 0 unspecified atom stereocenters. The van der Waals surface area contributed by atoms with Gasteiger partial charge in [0.15, 0.2) is 6.61 Å². The molecule has 3 amide bonds. The molecular formula is C26H21IN2O4S. The molecule has 0 radical (unpaired) electrons. The smallest absolute Gasteiger partial charge is 0.293 e. The van der Waals surface area contributed by atoms with E-state index in [0.29, 0.717) is 16.2 Å². The van der Waals surface area contributed by atoms with Crippen molar-refractivity contribution in [2.45, 2.75) is 13.5 Å². The van der Waals surface area contributed by atoms with Crippen LogP contribution in [-0.4, -0.2) is 28.6 Å². The summed E-state index contributed by atoms with van der Waals surface area (Å²) < 4.78 is 6.72. The highest BCUT2D eigenvalue weighted by Crippen LogP contribution is 2.33. The lowest BCUT2D eigenvalue weighted by Gasteiger charge is -2.12. The molecule has 0 saturated carbocycles. The number of nitrogens with one attached hydrogen (secondary N) is 1. The summed E-state index contributed by atoms with van der Waals surface area (Å²) in [6, 6.07) is 22.3. The molecule has 0 bridgehead atoms. The Hall–Kier alpha value is -3.11. The molecule has 1 aliphatic rings. The summed E-state index contributed by atoms with van der Waals surface area (Å²) >= 11 is 3.13. The van der Waals surface area contributed by atoms with Gasteiger partial charge in [0, 0.05) is 9.26 Å². The first-order valence-electron chi connectivity index (χ1n) is 10.5. The summed E-state index contributed by atoms with van der Waals surface area (Å²) in [5, 5.41) is 2.53. The number of nitrogens with zero attached hydrogens (tertiary/aromatic N) is 1. The van der Waals surface area contributed by atoms with E-state index in [1.165, 1.54) is 4.90 Å². The lowest BCUT2D eigenvalue weighted by atomic mass is 10.2. The molecule has 172 valence electrons. The summed E-state index contributed by atoms with van der Waals surface area (Å²) in [5.74, 6) is -0.0966. The van der Waals surface area contributed by atoms with Crippen LogP contribution in [-0.2, 0) is 16.1 Å². The molecule has 1 saturated heterocycles. The van der Waals surface area contributed by atoms with Crippen molar-refractivity contribution in [2.75, 3.05) is 11.9 Å². The summed E-state index contributed by atoms with van der Waals surface area (Å²) in [6.07, 6.45) is 1.67. The third-order valence-electron chi connectivity index (χ3n) is 5.07. The first-order chi connectivity index (χ1) is 16.4. The number of anilines is 1. The number of amides is 3. The lowest BCUT2D eigenvalue weighted by molar-refractivity contribution is -0.123. The predicted octanol–water partition coefficient (Wildman–Crippen LogP) is 5.85. The van der Waals surface area contributed by atoms with E-state index in [-0.39, 0.29) is 30.2 Å². The molecule has 6 nitrogen and oxygen atoms in total. The Bertz CT molecular complexity index is 1270. The highest BCUT2D eigenvalue weighted by Gasteiger charge is 2.34. The number of benzene rings is 3. The predicted molar refractivity (Wildman–Crippen MR) is 142 cm³/mol. The van der Waals surface area contributed by atoms with Crippen LogP contribution >= 0.6 is 34.4 Å². The average molecular weight is 584 g/mol. The van der Waals surface area contributed by atoms with Crippen LogP contribution in [0.1, 0.15) is 16.7 Å². The van der Waals surface area contributed by atoms with Crippen LogP contribution < -0.4 is 10.1 Å². The summed E-state index contributed by atoms with van der Waals surface area (Å²) in [6.45, 7) is 2.00. The third kappa shape index (κ3) is 6.06. The van der Waals surface area contributed by atoms with Gasteiger partial charge in [0.1, 0.15) is 5.75 Å². The maximum atomic E-state index is 12.8. The molecule has 0 aromatic heterocycles. The Morgan fingerprint density at radius 2 is 1.82 bits per heavy atom. The van der Waals surface area contributed by atoms with Crippen molar-refractivity contribution in [1.82, 2.24) is 4.90 Å². The number of carbonyl (C=O) groups is 3. The maximum Gasteiger partial charge on any atom is 0.293 e. The first kappa shape index (κ1) is 24.0. The van der Waals surface area contributed by atoms with Gasteiger partial charge >= 0.3 is 0 Å². The van der Waals surface area contributed by atoms with Gasteiger partial charge in [-0.25, -0.2) is 0 Å². The van der Waals surface area contributed by atoms with E-state index in [1.54, 1.807) is 24.3 Å². The summed E-state index contributed by atoms with van der Waals surface area (Å²) in [5.41, 5.74) is 3.31. The molecule has 4 rings (SSSR count). The van der Waals surface area contributed by atoms with Gasteiger partial charge in [-0.1, -0.05) is 42.5 Å². The van der Waals surface area contributed by atoms with E-state index in [2.05, 4.69) is 27.9 Å². The SMILES string of the molecule is Cc1ccccc1NC(=O)COc1cccc(/C=C2\SC(=O)N(Cc3ccc(I)cc3)C2=O)c1. The Morgan fingerprint density at radius 3 is 2.59 bits per heavy atom. The van der Waals surface area contributed by atoms with Gasteiger partial charge < -0.3 is 10.1 Å². The van der Waals surface area contributed by atoms with Crippen molar-refractivity contribution < 1.29 is 19.1 Å². The second kappa shape index (κ2) is 10.9. The molecule has 8 heteroatoms. The molecule has 0 spiro atoms. The fourth-order valence-electron chi connectivity index (χ4n) is 3.30. The van der Waals surface area contributed by atoms with Crippen molar-refractivity contribution in [3.8, 4) is 5.75 Å². The Kier molecular flexibility index (Phi) is 7.69. The monoisotopic (exact) mass is 584 g/mol. The lowest BCUT2D eigenvalue weighted by Crippen LogP contribution is -2.27. The Balaban J connectivity index is 1.39. The molecule has 1 aliphatic heterocycles. The van der Waals surface area contributed by atoms with Gasteiger partial charge in [-0.05, 0) is 94.4 Å².